The number of aliphatic carboxylic acids is 1. The summed E-state index contributed by atoms with van der Waals surface area (Å²) in [5.74, 6) is -1.02. The summed E-state index contributed by atoms with van der Waals surface area (Å²) >= 11 is 0. The first-order chi connectivity index (χ1) is 25.7. The number of hydrogen-bond donors (Lipinski definition) is 6. The van der Waals surface area contributed by atoms with E-state index in [1.54, 1.807) is 7.05 Å². The van der Waals surface area contributed by atoms with Crippen LogP contribution in [0.3, 0.4) is 0 Å². The summed E-state index contributed by atoms with van der Waals surface area (Å²) in [5, 5.41) is 23.9. The topological polar surface area (TPSA) is 166 Å². The predicted molar refractivity (Wildman–Crippen MR) is 215 cm³/mol. The molecule has 308 valence electrons. The molecular weight excluding hydrogens is 670 g/mol. The van der Waals surface area contributed by atoms with Crippen LogP contribution in [-0.4, -0.2) is 73.5 Å². The van der Waals surface area contributed by atoms with Gasteiger partial charge in [0.1, 0.15) is 11.6 Å². The molecule has 4 amide bonds. The maximum Gasteiger partial charge on any atom is 0.326 e. The van der Waals surface area contributed by atoms with Crippen molar-refractivity contribution in [3.8, 4) is 0 Å². The summed E-state index contributed by atoms with van der Waals surface area (Å²) in [7, 11) is 3.50. The van der Waals surface area contributed by atoms with Crippen LogP contribution in [0.1, 0.15) is 193 Å². The first-order valence-corrected chi connectivity index (χ1v) is 21.7. The molecule has 0 aliphatic heterocycles. The van der Waals surface area contributed by atoms with Gasteiger partial charge >= 0.3 is 5.97 Å². The van der Waals surface area contributed by atoms with E-state index in [-0.39, 0.29) is 36.5 Å². The van der Waals surface area contributed by atoms with Gasteiger partial charge in [-0.05, 0) is 57.9 Å². The standard InChI is InChI=1S/C42H79N5O6/c1-4-5-6-7-8-9-10-11-12-14-18-21-24-29-39(50)47-36(40(51)52)30-31-38(49)45-32-25-22-19-16-13-15-17-20-23-28-37(48)46-33-26-27-35-34-42(35,44-3)41(53)43-2/h35-36,44H,4-34H2,1-3H3,(H,43,53)(H,45,49)(H,46,48)(H,47,50)(H,51,52)/t35?,36-,42?/m0/s1. The van der Waals surface area contributed by atoms with Gasteiger partial charge in [-0.25, -0.2) is 4.79 Å². The highest BCUT2D eigenvalue weighted by Crippen LogP contribution is 2.46. The predicted octanol–water partition coefficient (Wildman–Crippen LogP) is 7.46. The average Bonchev–Trinajstić information content (AvgIpc) is 3.87. The summed E-state index contributed by atoms with van der Waals surface area (Å²) in [6.07, 6.45) is 29.4. The Balaban J connectivity index is 1.91. The lowest BCUT2D eigenvalue weighted by Crippen LogP contribution is -2.45. The zero-order chi connectivity index (χ0) is 39.0. The van der Waals surface area contributed by atoms with Gasteiger partial charge < -0.3 is 31.7 Å². The van der Waals surface area contributed by atoms with Gasteiger partial charge in [0.15, 0.2) is 0 Å². The Kier molecular flexibility index (Phi) is 28.9. The Hall–Kier alpha value is -2.69. The molecule has 0 heterocycles. The van der Waals surface area contributed by atoms with Gasteiger partial charge in [-0.1, -0.05) is 129 Å². The van der Waals surface area contributed by atoms with Crippen LogP contribution in [0.2, 0.25) is 0 Å². The van der Waals surface area contributed by atoms with Crippen molar-refractivity contribution in [2.24, 2.45) is 5.92 Å². The molecule has 1 saturated carbocycles. The van der Waals surface area contributed by atoms with Crippen molar-refractivity contribution < 1.29 is 29.1 Å². The van der Waals surface area contributed by atoms with E-state index in [2.05, 4.69) is 33.5 Å². The Bertz CT molecular complexity index is 1010. The van der Waals surface area contributed by atoms with Crippen molar-refractivity contribution >= 4 is 29.6 Å². The molecule has 1 fully saturated rings. The third-order valence-electron chi connectivity index (χ3n) is 10.9. The SMILES string of the molecule is CCCCCCCCCCCCCCCC(=O)N[C@@H](CCC(=O)NCCCCCCCCCCCC(=O)NCCCC1CC1(NC)C(=O)NC)C(=O)O. The Morgan fingerprint density at radius 3 is 1.49 bits per heavy atom. The second kappa shape index (κ2) is 31.6. The fourth-order valence-corrected chi connectivity index (χ4v) is 7.33. The number of hydrogen-bond acceptors (Lipinski definition) is 6. The van der Waals surface area contributed by atoms with Crippen LogP contribution in [0.4, 0.5) is 0 Å². The van der Waals surface area contributed by atoms with Crippen LogP contribution in [0.15, 0.2) is 0 Å². The fourth-order valence-electron chi connectivity index (χ4n) is 7.33. The van der Waals surface area contributed by atoms with Gasteiger partial charge in [-0.15, -0.1) is 0 Å². The molecule has 0 radical (unpaired) electrons. The first-order valence-electron chi connectivity index (χ1n) is 21.7. The van der Waals surface area contributed by atoms with Gasteiger partial charge in [-0.3, -0.25) is 19.2 Å². The molecule has 3 atom stereocenters. The molecule has 11 heteroatoms. The molecule has 1 aliphatic carbocycles. The van der Waals surface area contributed by atoms with Gasteiger partial charge in [0, 0.05) is 39.4 Å². The number of amides is 4. The Labute approximate surface area is 322 Å². The van der Waals surface area contributed by atoms with Gasteiger partial charge in [0.05, 0.1) is 0 Å². The lowest BCUT2D eigenvalue weighted by molar-refractivity contribution is -0.142. The summed E-state index contributed by atoms with van der Waals surface area (Å²) < 4.78 is 0. The van der Waals surface area contributed by atoms with Crippen LogP contribution in [0.25, 0.3) is 0 Å². The van der Waals surface area contributed by atoms with Gasteiger partial charge in [0.25, 0.3) is 0 Å². The number of carboxylic acids is 1. The number of carboxylic acid groups (broad SMARTS) is 1. The fraction of sp³-hybridized carbons (Fsp3) is 0.881. The van der Waals surface area contributed by atoms with E-state index in [1.807, 2.05) is 7.05 Å². The first kappa shape index (κ1) is 48.3. The van der Waals surface area contributed by atoms with Crippen molar-refractivity contribution in [1.82, 2.24) is 26.6 Å². The molecular formula is C42H79N5O6. The number of rotatable bonds is 37. The molecule has 0 saturated heterocycles. The largest absolute Gasteiger partial charge is 0.480 e. The molecule has 0 spiro atoms. The Morgan fingerprint density at radius 1 is 0.585 bits per heavy atom. The highest BCUT2D eigenvalue weighted by atomic mass is 16.4. The molecule has 0 aromatic rings. The number of nitrogens with one attached hydrogen (secondary N) is 5. The van der Waals surface area contributed by atoms with E-state index in [0.29, 0.717) is 31.8 Å². The third kappa shape index (κ3) is 24.4. The third-order valence-corrected chi connectivity index (χ3v) is 10.9. The van der Waals surface area contributed by atoms with Crippen molar-refractivity contribution in [3.05, 3.63) is 0 Å². The summed E-state index contributed by atoms with van der Waals surface area (Å²) in [6, 6.07) is -1.03. The van der Waals surface area contributed by atoms with E-state index >= 15 is 0 Å². The second-order valence-electron chi connectivity index (χ2n) is 15.5. The van der Waals surface area contributed by atoms with Crippen molar-refractivity contribution in [3.63, 3.8) is 0 Å². The van der Waals surface area contributed by atoms with Crippen molar-refractivity contribution in [2.75, 3.05) is 27.2 Å². The van der Waals surface area contributed by atoms with E-state index in [0.717, 1.165) is 83.5 Å². The van der Waals surface area contributed by atoms with Crippen LogP contribution < -0.4 is 26.6 Å². The number of carbonyl (C=O) groups excluding carboxylic acids is 4. The van der Waals surface area contributed by atoms with Crippen molar-refractivity contribution in [2.45, 2.75) is 205 Å². The highest BCUT2D eigenvalue weighted by molar-refractivity contribution is 5.89. The maximum atomic E-state index is 12.3. The lowest BCUT2D eigenvalue weighted by Gasteiger charge is -2.14. The maximum absolute atomic E-state index is 12.3. The molecule has 0 bridgehead atoms. The normalized spacial score (nSPS) is 16.8. The monoisotopic (exact) mass is 750 g/mol. The van der Waals surface area contributed by atoms with E-state index in [4.69, 9.17) is 0 Å². The van der Waals surface area contributed by atoms with Crippen molar-refractivity contribution in [1.29, 1.82) is 0 Å². The molecule has 0 aromatic heterocycles. The number of carbonyl (C=O) groups is 5. The smallest absolute Gasteiger partial charge is 0.326 e. The highest BCUT2D eigenvalue weighted by Gasteiger charge is 2.57. The Morgan fingerprint density at radius 2 is 1.02 bits per heavy atom. The van der Waals surface area contributed by atoms with Crippen LogP contribution in [-0.2, 0) is 24.0 Å². The van der Waals surface area contributed by atoms with E-state index in [9.17, 15) is 29.1 Å². The molecule has 11 nitrogen and oxygen atoms in total. The van der Waals surface area contributed by atoms with E-state index in [1.165, 1.54) is 77.0 Å². The minimum atomic E-state index is -1.10. The molecule has 0 aromatic carbocycles. The minimum Gasteiger partial charge on any atom is -0.480 e. The number of unbranched alkanes of at least 4 members (excludes halogenated alkanes) is 20. The van der Waals surface area contributed by atoms with Crippen LogP contribution >= 0.6 is 0 Å². The summed E-state index contributed by atoms with van der Waals surface area (Å²) in [4.78, 5) is 60.4. The molecule has 53 heavy (non-hydrogen) atoms. The summed E-state index contributed by atoms with van der Waals surface area (Å²) in [6.45, 7) is 3.49. The zero-order valence-electron chi connectivity index (χ0n) is 34.1. The number of likely N-dealkylation sites (N-methyl/N-ethyl adjacent to an activating group) is 2. The molecule has 1 aliphatic rings. The van der Waals surface area contributed by atoms with Crippen LogP contribution in [0.5, 0.6) is 0 Å². The average molecular weight is 750 g/mol. The quantitative estimate of drug-likeness (QED) is 0.0359. The summed E-state index contributed by atoms with van der Waals surface area (Å²) in [5.41, 5.74) is -0.416. The van der Waals surface area contributed by atoms with E-state index < -0.39 is 17.6 Å². The minimum absolute atomic E-state index is 0.0513. The lowest BCUT2D eigenvalue weighted by atomic mass is 10.0. The molecule has 6 N–H and O–H groups in total. The zero-order valence-corrected chi connectivity index (χ0v) is 34.1. The van der Waals surface area contributed by atoms with Crippen LogP contribution in [0, 0.1) is 5.92 Å². The van der Waals surface area contributed by atoms with Gasteiger partial charge in [-0.2, -0.15) is 0 Å². The second-order valence-corrected chi connectivity index (χ2v) is 15.5. The molecule has 1 rings (SSSR count). The molecule has 2 unspecified atom stereocenters. The van der Waals surface area contributed by atoms with Gasteiger partial charge in [0.2, 0.25) is 23.6 Å².